The Labute approximate surface area is 145 Å². The normalized spacial score (nSPS) is 12.3. The first-order chi connectivity index (χ1) is 12.1. The Bertz CT molecular complexity index is 871. The molecule has 6 nitrogen and oxygen atoms in total. The number of nitrogens with zero attached hydrogens (tertiary/aromatic N) is 2. The lowest BCUT2D eigenvalue weighted by molar-refractivity contribution is 0.0913. The standard InChI is InChI=1S/C19H20N2O4/c1-13(23)14-6-8-16(9-7-14)25-12-15(24)10-21-18-5-3-2-4-17(18)20-19(21)11-22/h2-9,15,22,24H,10-12H2,1H3. The maximum absolute atomic E-state index is 11.3. The predicted octanol–water partition coefficient (Wildman–Crippen LogP) is 2.17. The van der Waals surface area contributed by atoms with Gasteiger partial charge in [-0.25, -0.2) is 4.98 Å². The number of aliphatic hydroxyl groups is 2. The zero-order valence-electron chi connectivity index (χ0n) is 13.9. The summed E-state index contributed by atoms with van der Waals surface area (Å²) >= 11 is 0. The molecule has 2 aromatic carbocycles. The van der Waals surface area contributed by atoms with E-state index in [-0.39, 0.29) is 25.5 Å². The van der Waals surface area contributed by atoms with Crippen molar-refractivity contribution >= 4 is 16.8 Å². The Morgan fingerprint density at radius 1 is 1.20 bits per heavy atom. The van der Waals surface area contributed by atoms with E-state index in [1.165, 1.54) is 6.92 Å². The fourth-order valence-corrected chi connectivity index (χ4v) is 2.69. The van der Waals surface area contributed by atoms with E-state index in [1.807, 2.05) is 24.3 Å². The third kappa shape index (κ3) is 3.87. The van der Waals surface area contributed by atoms with Gasteiger partial charge in [0.2, 0.25) is 0 Å². The zero-order chi connectivity index (χ0) is 17.8. The van der Waals surface area contributed by atoms with Crippen molar-refractivity contribution in [3.05, 3.63) is 59.9 Å². The van der Waals surface area contributed by atoms with Crippen molar-refractivity contribution in [2.75, 3.05) is 6.61 Å². The van der Waals surface area contributed by atoms with Gasteiger partial charge in [0.05, 0.1) is 17.6 Å². The summed E-state index contributed by atoms with van der Waals surface area (Å²) in [4.78, 5) is 15.6. The van der Waals surface area contributed by atoms with E-state index in [4.69, 9.17) is 4.74 Å². The first-order valence-electron chi connectivity index (χ1n) is 8.05. The predicted molar refractivity (Wildman–Crippen MR) is 93.6 cm³/mol. The van der Waals surface area contributed by atoms with Crippen LogP contribution in [0.1, 0.15) is 23.1 Å². The lowest BCUT2D eigenvalue weighted by Gasteiger charge is -2.15. The number of ketones is 1. The molecule has 0 radical (unpaired) electrons. The molecule has 0 spiro atoms. The van der Waals surface area contributed by atoms with Crippen molar-refractivity contribution in [1.82, 2.24) is 9.55 Å². The molecule has 2 N–H and O–H groups in total. The molecule has 0 saturated carbocycles. The van der Waals surface area contributed by atoms with Crippen LogP contribution in [0.3, 0.4) is 0 Å². The smallest absolute Gasteiger partial charge is 0.159 e. The molecule has 6 heteroatoms. The number of carbonyl (C=O) groups is 1. The van der Waals surface area contributed by atoms with Crippen molar-refractivity contribution in [3.63, 3.8) is 0 Å². The Morgan fingerprint density at radius 3 is 2.60 bits per heavy atom. The van der Waals surface area contributed by atoms with Gasteiger partial charge >= 0.3 is 0 Å². The number of Topliss-reactive ketones (excluding diaryl/α,β-unsaturated/α-hetero) is 1. The second-order valence-electron chi connectivity index (χ2n) is 5.83. The average molecular weight is 340 g/mol. The maximum Gasteiger partial charge on any atom is 0.159 e. The van der Waals surface area contributed by atoms with E-state index < -0.39 is 6.10 Å². The molecule has 1 atom stereocenters. The molecule has 3 aromatic rings. The molecule has 0 fully saturated rings. The van der Waals surface area contributed by atoms with Gasteiger partial charge in [-0.05, 0) is 43.3 Å². The van der Waals surface area contributed by atoms with Gasteiger partial charge in [0.15, 0.2) is 5.78 Å². The topological polar surface area (TPSA) is 84.6 Å². The molecule has 1 unspecified atom stereocenters. The number of benzene rings is 2. The van der Waals surface area contributed by atoms with Crippen LogP contribution >= 0.6 is 0 Å². The highest BCUT2D eigenvalue weighted by molar-refractivity contribution is 5.94. The van der Waals surface area contributed by atoms with Crippen LogP contribution in [0.15, 0.2) is 48.5 Å². The summed E-state index contributed by atoms with van der Waals surface area (Å²) in [7, 11) is 0. The molecule has 3 rings (SSSR count). The van der Waals surface area contributed by atoms with Gasteiger partial charge in [-0.1, -0.05) is 12.1 Å². The molecule has 0 aliphatic heterocycles. The van der Waals surface area contributed by atoms with Gasteiger partial charge in [0, 0.05) is 5.56 Å². The van der Waals surface area contributed by atoms with Gasteiger partial charge in [0.25, 0.3) is 0 Å². The summed E-state index contributed by atoms with van der Waals surface area (Å²) in [6.07, 6.45) is -0.768. The quantitative estimate of drug-likeness (QED) is 0.644. The largest absolute Gasteiger partial charge is 0.491 e. The van der Waals surface area contributed by atoms with Crippen LogP contribution in [0.2, 0.25) is 0 Å². The lowest BCUT2D eigenvalue weighted by atomic mass is 10.1. The summed E-state index contributed by atoms with van der Waals surface area (Å²) in [6.45, 7) is 1.67. The number of aliphatic hydroxyl groups excluding tert-OH is 2. The minimum absolute atomic E-state index is 0.00453. The molecule has 0 aliphatic rings. The number of fused-ring (bicyclic) bond motifs is 1. The van der Waals surface area contributed by atoms with E-state index in [1.54, 1.807) is 28.8 Å². The Balaban J connectivity index is 1.66. The Kier molecular flexibility index (Phi) is 5.11. The van der Waals surface area contributed by atoms with Crippen molar-refractivity contribution in [1.29, 1.82) is 0 Å². The highest BCUT2D eigenvalue weighted by atomic mass is 16.5. The van der Waals surface area contributed by atoms with Crippen LogP contribution < -0.4 is 4.74 Å². The third-order valence-corrected chi connectivity index (χ3v) is 3.97. The highest BCUT2D eigenvalue weighted by Crippen LogP contribution is 2.17. The van der Waals surface area contributed by atoms with Gasteiger partial charge in [0.1, 0.15) is 30.9 Å². The van der Waals surface area contributed by atoms with E-state index in [0.29, 0.717) is 17.1 Å². The van der Waals surface area contributed by atoms with Crippen LogP contribution in [0.25, 0.3) is 11.0 Å². The van der Waals surface area contributed by atoms with E-state index in [9.17, 15) is 15.0 Å². The van der Waals surface area contributed by atoms with Crippen LogP contribution in [0.4, 0.5) is 0 Å². The fraction of sp³-hybridized carbons (Fsp3) is 0.263. The molecule has 0 amide bonds. The van der Waals surface area contributed by atoms with Crippen LogP contribution in [0, 0.1) is 0 Å². The summed E-state index contributed by atoms with van der Waals surface area (Å²) in [6, 6.07) is 14.3. The van der Waals surface area contributed by atoms with Gasteiger partial charge in [-0.15, -0.1) is 0 Å². The van der Waals surface area contributed by atoms with Gasteiger partial charge in [-0.2, -0.15) is 0 Å². The third-order valence-electron chi connectivity index (χ3n) is 3.97. The second kappa shape index (κ2) is 7.46. The summed E-state index contributed by atoms with van der Waals surface area (Å²) in [5, 5.41) is 19.8. The van der Waals surface area contributed by atoms with Crippen molar-refractivity contribution in [2.24, 2.45) is 0 Å². The van der Waals surface area contributed by atoms with Gasteiger partial charge < -0.3 is 19.5 Å². The summed E-state index contributed by atoms with van der Waals surface area (Å²) in [5.74, 6) is 1.09. The van der Waals surface area contributed by atoms with Gasteiger partial charge in [-0.3, -0.25) is 4.79 Å². The number of rotatable bonds is 7. The Hall–Kier alpha value is -2.70. The zero-order valence-corrected chi connectivity index (χ0v) is 13.9. The van der Waals surface area contributed by atoms with E-state index in [2.05, 4.69) is 4.98 Å². The fourth-order valence-electron chi connectivity index (χ4n) is 2.69. The van der Waals surface area contributed by atoms with E-state index >= 15 is 0 Å². The molecule has 0 aliphatic carbocycles. The first kappa shape index (κ1) is 17.1. The monoisotopic (exact) mass is 340 g/mol. The van der Waals surface area contributed by atoms with Crippen molar-refractivity contribution in [2.45, 2.75) is 26.2 Å². The second-order valence-corrected chi connectivity index (χ2v) is 5.83. The van der Waals surface area contributed by atoms with Crippen LogP contribution in [-0.2, 0) is 13.2 Å². The first-order valence-corrected chi connectivity index (χ1v) is 8.05. The van der Waals surface area contributed by atoms with E-state index in [0.717, 1.165) is 11.0 Å². The number of hydrogen-bond acceptors (Lipinski definition) is 5. The number of imidazole rings is 1. The molecule has 1 heterocycles. The van der Waals surface area contributed by atoms with Crippen molar-refractivity contribution in [3.8, 4) is 5.75 Å². The van der Waals surface area contributed by atoms with Crippen molar-refractivity contribution < 1.29 is 19.7 Å². The molecule has 0 saturated heterocycles. The molecule has 130 valence electrons. The summed E-state index contributed by atoms with van der Waals surface area (Å²) in [5.41, 5.74) is 2.25. The average Bonchev–Trinajstić information content (AvgIpc) is 2.98. The highest BCUT2D eigenvalue weighted by Gasteiger charge is 2.14. The number of ether oxygens (including phenoxy) is 1. The number of carbonyl (C=O) groups excluding carboxylic acids is 1. The molecule has 0 bridgehead atoms. The number of hydrogen-bond donors (Lipinski definition) is 2. The number of para-hydroxylation sites is 2. The molecular weight excluding hydrogens is 320 g/mol. The number of aromatic nitrogens is 2. The minimum atomic E-state index is -0.768. The molecular formula is C19H20N2O4. The lowest BCUT2D eigenvalue weighted by Crippen LogP contribution is -2.24. The minimum Gasteiger partial charge on any atom is -0.491 e. The SMILES string of the molecule is CC(=O)c1ccc(OCC(O)Cn2c(CO)nc3ccccc32)cc1. The summed E-state index contributed by atoms with van der Waals surface area (Å²) < 4.78 is 7.37. The van der Waals surface area contributed by atoms with Crippen LogP contribution in [0.5, 0.6) is 5.75 Å². The maximum atomic E-state index is 11.3. The molecule has 1 aromatic heterocycles. The Morgan fingerprint density at radius 2 is 1.92 bits per heavy atom. The van der Waals surface area contributed by atoms with Crippen LogP contribution in [-0.4, -0.2) is 38.3 Å². The molecule has 25 heavy (non-hydrogen) atoms.